The molecule has 1 unspecified atom stereocenters. The van der Waals surface area contributed by atoms with E-state index in [0.29, 0.717) is 10.8 Å². The van der Waals surface area contributed by atoms with Gasteiger partial charge in [0.25, 0.3) is 11.7 Å². The van der Waals surface area contributed by atoms with Gasteiger partial charge in [-0.05, 0) is 44.5 Å². The predicted octanol–water partition coefficient (Wildman–Crippen LogP) is 2.89. The van der Waals surface area contributed by atoms with Crippen LogP contribution < -0.4 is 5.32 Å². The summed E-state index contributed by atoms with van der Waals surface area (Å²) in [5.41, 5.74) is 2.63. The SMILES string of the molecule is Cc1cc(C)n2nc(C(=O)NC(C)c3cccc(Cl)c3)nc2n1. The van der Waals surface area contributed by atoms with Crippen LogP contribution in [-0.2, 0) is 0 Å². The summed E-state index contributed by atoms with van der Waals surface area (Å²) in [4.78, 5) is 20.9. The van der Waals surface area contributed by atoms with Gasteiger partial charge in [-0.2, -0.15) is 4.98 Å². The molecule has 1 N–H and O–H groups in total. The van der Waals surface area contributed by atoms with E-state index in [9.17, 15) is 4.79 Å². The van der Waals surface area contributed by atoms with Gasteiger partial charge in [-0.1, -0.05) is 23.7 Å². The molecule has 0 spiro atoms. The first-order valence-electron chi connectivity index (χ1n) is 7.21. The molecule has 6 nitrogen and oxygen atoms in total. The van der Waals surface area contributed by atoms with Crippen molar-refractivity contribution in [2.45, 2.75) is 26.8 Å². The third-order valence-corrected chi connectivity index (χ3v) is 3.75. The highest BCUT2D eigenvalue weighted by Crippen LogP contribution is 2.17. The number of fused-ring (bicyclic) bond motifs is 1. The Balaban J connectivity index is 1.84. The lowest BCUT2D eigenvalue weighted by molar-refractivity contribution is 0.0929. The van der Waals surface area contributed by atoms with Gasteiger partial charge in [0.05, 0.1) is 6.04 Å². The Hall–Kier alpha value is -2.47. The molecule has 0 radical (unpaired) electrons. The summed E-state index contributed by atoms with van der Waals surface area (Å²) in [6.07, 6.45) is 0. The highest BCUT2D eigenvalue weighted by Gasteiger charge is 2.17. The van der Waals surface area contributed by atoms with Crippen LogP contribution in [0.15, 0.2) is 30.3 Å². The quantitative estimate of drug-likeness (QED) is 0.802. The molecule has 3 rings (SSSR count). The number of amides is 1. The Labute approximate surface area is 138 Å². The van der Waals surface area contributed by atoms with Crippen LogP contribution in [-0.4, -0.2) is 25.5 Å². The normalized spacial score (nSPS) is 12.3. The van der Waals surface area contributed by atoms with Crippen LogP contribution >= 0.6 is 11.6 Å². The maximum Gasteiger partial charge on any atom is 0.291 e. The second-order valence-corrected chi connectivity index (χ2v) is 5.87. The van der Waals surface area contributed by atoms with Gasteiger partial charge >= 0.3 is 0 Å². The smallest absolute Gasteiger partial charge is 0.291 e. The summed E-state index contributed by atoms with van der Waals surface area (Å²) >= 11 is 5.98. The standard InChI is InChI=1S/C16H16ClN5O/c1-9-7-10(2)22-16(18-9)20-14(21-22)15(23)19-11(3)12-5-4-6-13(17)8-12/h4-8,11H,1-3H3,(H,19,23). The highest BCUT2D eigenvalue weighted by molar-refractivity contribution is 6.30. The lowest BCUT2D eigenvalue weighted by Gasteiger charge is -2.13. The molecule has 0 fully saturated rings. The average molecular weight is 330 g/mol. The summed E-state index contributed by atoms with van der Waals surface area (Å²) in [7, 11) is 0. The van der Waals surface area contributed by atoms with E-state index in [2.05, 4.69) is 20.4 Å². The number of aromatic nitrogens is 4. The van der Waals surface area contributed by atoms with E-state index in [1.807, 2.05) is 45.0 Å². The first-order chi connectivity index (χ1) is 10.9. The molecule has 2 heterocycles. The van der Waals surface area contributed by atoms with Crippen LogP contribution in [0.4, 0.5) is 0 Å². The van der Waals surface area contributed by atoms with Gasteiger partial charge in [-0.25, -0.2) is 9.50 Å². The zero-order chi connectivity index (χ0) is 16.6. The number of rotatable bonds is 3. The molecule has 0 aliphatic rings. The summed E-state index contributed by atoms with van der Waals surface area (Å²) in [6.45, 7) is 5.66. The molecule has 1 atom stereocenters. The fourth-order valence-electron chi connectivity index (χ4n) is 2.38. The first kappa shape index (κ1) is 15.4. The van der Waals surface area contributed by atoms with Crippen molar-refractivity contribution in [3.63, 3.8) is 0 Å². The van der Waals surface area contributed by atoms with Crippen molar-refractivity contribution in [1.29, 1.82) is 0 Å². The molecule has 7 heteroatoms. The van der Waals surface area contributed by atoms with Gasteiger partial charge in [-0.15, -0.1) is 5.10 Å². The van der Waals surface area contributed by atoms with Crippen molar-refractivity contribution in [2.24, 2.45) is 0 Å². The molecule has 0 saturated heterocycles. The minimum absolute atomic E-state index is 0.0973. The van der Waals surface area contributed by atoms with E-state index >= 15 is 0 Å². The molecule has 23 heavy (non-hydrogen) atoms. The fourth-order valence-corrected chi connectivity index (χ4v) is 2.58. The number of carbonyl (C=O) groups excluding carboxylic acids is 1. The van der Waals surface area contributed by atoms with Crippen LogP contribution in [0, 0.1) is 13.8 Å². The van der Waals surface area contributed by atoms with Crippen LogP contribution in [0.2, 0.25) is 5.02 Å². The third kappa shape index (κ3) is 3.17. The second kappa shape index (κ2) is 5.96. The van der Waals surface area contributed by atoms with E-state index in [1.165, 1.54) is 0 Å². The van der Waals surface area contributed by atoms with E-state index in [1.54, 1.807) is 10.6 Å². The van der Waals surface area contributed by atoms with Crippen molar-refractivity contribution in [3.8, 4) is 0 Å². The lowest BCUT2D eigenvalue weighted by Crippen LogP contribution is -2.27. The molecule has 3 aromatic rings. The van der Waals surface area contributed by atoms with E-state index in [-0.39, 0.29) is 17.8 Å². The largest absolute Gasteiger partial charge is 0.343 e. The lowest BCUT2D eigenvalue weighted by atomic mass is 10.1. The molecular weight excluding hydrogens is 314 g/mol. The Morgan fingerprint density at radius 3 is 2.78 bits per heavy atom. The van der Waals surface area contributed by atoms with Crippen molar-refractivity contribution < 1.29 is 4.79 Å². The van der Waals surface area contributed by atoms with Crippen molar-refractivity contribution in [3.05, 3.63) is 58.1 Å². The number of nitrogens with zero attached hydrogens (tertiary/aromatic N) is 4. The third-order valence-electron chi connectivity index (χ3n) is 3.52. The average Bonchev–Trinajstić information content (AvgIpc) is 2.91. The Morgan fingerprint density at radius 2 is 2.04 bits per heavy atom. The Kier molecular flexibility index (Phi) is 4.00. The van der Waals surface area contributed by atoms with Crippen molar-refractivity contribution >= 4 is 23.3 Å². The maximum atomic E-state index is 12.4. The minimum atomic E-state index is -0.347. The van der Waals surface area contributed by atoms with Gasteiger partial charge in [-0.3, -0.25) is 4.79 Å². The molecule has 1 amide bonds. The number of benzene rings is 1. The minimum Gasteiger partial charge on any atom is -0.343 e. The highest BCUT2D eigenvalue weighted by atomic mass is 35.5. The van der Waals surface area contributed by atoms with Crippen LogP contribution in [0.1, 0.15) is 40.5 Å². The van der Waals surface area contributed by atoms with Gasteiger partial charge in [0.1, 0.15) is 0 Å². The van der Waals surface area contributed by atoms with Crippen LogP contribution in [0.3, 0.4) is 0 Å². The first-order valence-corrected chi connectivity index (χ1v) is 7.59. The molecule has 0 aliphatic carbocycles. The predicted molar refractivity (Wildman–Crippen MR) is 87.6 cm³/mol. The molecule has 0 aliphatic heterocycles. The molecule has 2 aromatic heterocycles. The summed E-state index contributed by atoms with van der Waals surface area (Å²) in [5.74, 6) is 0.170. The summed E-state index contributed by atoms with van der Waals surface area (Å²) in [5, 5.41) is 7.72. The Bertz CT molecular complexity index is 889. The number of aryl methyl sites for hydroxylation is 2. The van der Waals surface area contributed by atoms with Gasteiger partial charge in [0.15, 0.2) is 0 Å². The zero-order valence-electron chi connectivity index (χ0n) is 13.0. The van der Waals surface area contributed by atoms with E-state index in [0.717, 1.165) is 17.0 Å². The van der Waals surface area contributed by atoms with Crippen LogP contribution in [0.25, 0.3) is 5.78 Å². The van der Waals surface area contributed by atoms with Crippen LogP contribution in [0.5, 0.6) is 0 Å². The zero-order valence-corrected chi connectivity index (χ0v) is 13.8. The molecular formula is C16H16ClN5O. The Morgan fingerprint density at radius 1 is 1.26 bits per heavy atom. The molecule has 1 aromatic carbocycles. The van der Waals surface area contributed by atoms with Crippen molar-refractivity contribution in [1.82, 2.24) is 24.9 Å². The van der Waals surface area contributed by atoms with E-state index in [4.69, 9.17) is 11.6 Å². The maximum absolute atomic E-state index is 12.4. The topological polar surface area (TPSA) is 72.2 Å². The van der Waals surface area contributed by atoms with Gasteiger partial charge in [0, 0.05) is 16.4 Å². The van der Waals surface area contributed by atoms with Gasteiger partial charge < -0.3 is 5.32 Å². The summed E-state index contributed by atoms with van der Waals surface area (Å²) in [6, 6.07) is 9.04. The molecule has 0 bridgehead atoms. The monoisotopic (exact) mass is 329 g/mol. The molecule has 0 saturated carbocycles. The van der Waals surface area contributed by atoms with Gasteiger partial charge in [0.2, 0.25) is 5.82 Å². The number of carbonyl (C=O) groups is 1. The van der Waals surface area contributed by atoms with Crippen molar-refractivity contribution in [2.75, 3.05) is 0 Å². The molecule has 118 valence electrons. The number of halogens is 1. The summed E-state index contributed by atoms with van der Waals surface area (Å²) < 4.78 is 1.56. The number of hydrogen-bond acceptors (Lipinski definition) is 4. The fraction of sp³-hybridized carbons (Fsp3) is 0.250. The van der Waals surface area contributed by atoms with E-state index < -0.39 is 0 Å². The number of hydrogen-bond donors (Lipinski definition) is 1. The second-order valence-electron chi connectivity index (χ2n) is 5.44. The number of nitrogens with one attached hydrogen (secondary N) is 1.